The van der Waals surface area contributed by atoms with E-state index in [1.54, 1.807) is 28.9 Å². The number of tetrazole rings is 1. The van der Waals surface area contributed by atoms with E-state index < -0.39 is 0 Å². The number of hydrogen-bond acceptors (Lipinski definition) is 12. The third-order valence-corrected chi connectivity index (χ3v) is 4.60. The largest absolute Gasteiger partial charge is 0.354 e. The van der Waals surface area contributed by atoms with Crippen LogP contribution in [0.4, 0.5) is 28.3 Å². The number of hydrogen-bond donors (Lipinski definition) is 7. The molecule has 2 heterocycles. The van der Waals surface area contributed by atoms with E-state index in [1.807, 2.05) is 0 Å². The molecule has 176 valence electrons. The average Bonchev–Trinajstić information content (AvgIpc) is 3.11. The minimum atomic E-state index is -0.379. The predicted molar refractivity (Wildman–Crippen MR) is 124 cm³/mol. The Morgan fingerprint density at radius 1 is 1.21 bits per heavy atom. The zero-order valence-corrected chi connectivity index (χ0v) is 19.4. The highest BCUT2D eigenvalue weighted by molar-refractivity contribution is 7.73. The third-order valence-electron chi connectivity index (χ3n) is 4.07. The first-order valence-electron chi connectivity index (χ1n) is 9.54. The molecule has 0 bridgehead atoms. The summed E-state index contributed by atoms with van der Waals surface area (Å²) in [6, 6.07) is 6.65. The molecule has 0 unspecified atom stereocenters. The molecule has 0 atom stereocenters. The normalized spacial score (nSPS) is 10.6. The molecule has 15 nitrogen and oxygen atoms in total. The number of urea groups is 1. The first kappa shape index (κ1) is 24.1. The van der Waals surface area contributed by atoms with Gasteiger partial charge in [0.15, 0.2) is 0 Å². The smallest absolute Gasteiger partial charge is 0.327 e. The number of anilines is 4. The van der Waals surface area contributed by atoms with E-state index in [0.29, 0.717) is 45.8 Å². The second-order valence-corrected chi connectivity index (χ2v) is 7.36. The van der Waals surface area contributed by atoms with E-state index in [0.717, 1.165) is 0 Å². The average molecular weight is 496 g/mol. The van der Waals surface area contributed by atoms with Crippen LogP contribution < -0.4 is 30.3 Å². The van der Waals surface area contributed by atoms with Gasteiger partial charge in [0.25, 0.3) is 11.9 Å². The third kappa shape index (κ3) is 6.48. The molecule has 0 spiro atoms. The van der Waals surface area contributed by atoms with Gasteiger partial charge in [0.2, 0.25) is 5.95 Å². The van der Waals surface area contributed by atoms with Gasteiger partial charge in [-0.25, -0.2) is 14.9 Å². The summed E-state index contributed by atoms with van der Waals surface area (Å²) in [5, 5.41) is 35.4. The van der Waals surface area contributed by atoms with E-state index in [4.69, 9.17) is 12.2 Å². The van der Waals surface area contributed by atoms with Crippen molar-refractivity contribution in [3.05, 3.63) is 29.0 Å². The second-order valence-electron chi connectivity index (χ2n) is 6.61. The Labute approximate surface area is 198 Å². The molecule has 1 aromatic carbocycles. The summed E-state index contributed by atoms with van der Waals surface area (Å²) in [7, 11) is 2.69. The monoisotopic (exact) mass is 495 g/mol. The van der Waals surface area contributed by atoms with Crippen molar-refractivity contribution in [3.63, 3.8) is 0 Å². The first-order chi connectivity index (χ1) is 15.7. The maximum absolute atomic E-state index is 12.2. The molecule has 0 saturated carbocycles. The van der Waals surface area contributed by atoms with Gasteiger partial charge >= 0.3 is 10.8 Å². The molecule has 17 heteroatoms. The zero-order chi connectivity index (χ0) is 24.0. The number of H-pyrrole nitrogens is 1. The van der Waals surface area contributed by atoms with E-state index in [9.17, 15) is 15.2 Å². The molecule has 2 aromatic heterocycles. The minimum Gasteiger partial charge on any atom is -0.354 e. The van der Waals surface area contributed by atoms with Crippen molar-refractivity contribution in [3.8, 4) is 5.69 Å². The number of benzene rings is 1. The van der Waals surface area contributed by atoms with Crippen LogP contribution in [0.3, 0.4) is 0 Å². The van der Waals surface area contributed by atoms with Gasteiger partial charge in [-0.1, -0.05) is 6.07 Å². The minimum absolute atomic E-state index is 0.0386. The second kappa shape index (κ2) is 10.9. The number of hydroxylamine groups is 2. The van der Waals surface area contributed by atoms with Crippen LogP contribution in [0.25, 0.3) is 5.69 Å². The highest BCUT2D eigenvalue weighted by Crippen LogP contribution is 2.14. The number of amides is 2. The number of carbonyl (C=O) groups excluding carboxylic acids is 1. The van der Waals surface area contributed by atoms with Crippen LogP contribution in [0.1, 0.15) is 6.42 Å². The number of thiol groups is 1. The molecule has 0 radical (unpaired) electrons. The Morgan fingerprint density at radius 2 is 1.91 bits per heavy atom. The maximum atomic E-state index is 12.2. The molecule has 0 fully saturated rings. The number of rotatable bonds is 9. The standard InChI is InChI=1S/C16H22N12O3S2/c1-25(30)13-20-12(21-14(22-13)26(2)31)17-7-4-8-18-15(29)19-10-5-3-6-11(9-10)27-16(32)23-24-28(27)33/h3,5-6,9,30-31,33H,4,7-8H2,1-2H3,(H3,17,18,19,20,21,22,29)/p+1. The van der Waals surface area contributed by atoms with Crippen molar-refractivity contribution < 1.29 is 19.4 Å². The van der Waals surface area contributed by atoms with Gasteiger partial charge < -0.3 is 16.0 Å². The summed E-state index contributed by atoms with van der Waals surface area (Å²) in [5.74, 6) is 0.0870. The molecule has 3 rings (SSSR count). The lowest BCUT2D eigenvalue weighted by Gasteiger charge is -2.14. The fraction of sp³-hybridized carbons (Fsp3) is 0.312. The Morgan fingerprint density at radius 3 is 2.52 bits per heavy atom. The zero-order valence-electron chi connectivity index (χ0n) is 17.7. The van der Waals surface area contributed by atoms with Crippen LogP contribution in [0.2, 0.25) is 0 Å². The summed E-state index contributed by atoms with van der Waals surface area (Å²) >= 11 is 9.35. The van der Waals surface area contributed by atoms with Crippen molar-refractivity contribution in [1.82, 2.24) is 35.3 Å². The van der Waals surface area contributed by atoms with Crippen molar-refractivity contribution >= 4 is 54.6 Å². The van der Waals surface area contributed by atoms with Gasteiger partial charge in [-0.3, -0.25) is 10.4 Å². The quantitative estimate of drug-likeness (QED) is 0.0717. The molecular formula is C16H23N12O3S2+. The topological polar surface area (TPSA) is 176 Å². The molecule has 6 N–H and O–H groups in total. The first-order valence-corrected chi connectivity index (χ1v) is 10.3. The van der Waals surface area contributed by atoms with Gasteiger partial charge in [0.05, 0.1) is 18.5 Å². The Kier molecular flexibility index (Phi) is 7.93. The highest BCUT2D eigenvalue weighted by Gasteiger charge is 2.13. The van der Waals surface area contributed by atoms with Crippen molar-refractivity contribution in [2.24, 2.45) is 0 Å². The fourth-order valence-corrected chi connectivity index (χ4v) is 3.11. The Hall–Kier alpha value is -3.54. The molecule has 3 aromatic rings. The van der Waals surface area contributed by atoms with E-state index in [1.165, 1.54) is 18.3 Å². The summed E-state index contributed by atoms with van der Waals surface area (Å²) in [6.07, 6.45) is 0.553. The van der Waals surface area contributed by atoms with Gasteiger partial charge in [0, 0.05) is 37.1 Å². The number of aromatic nitrogens is 7. The van der Waals surface area contributed by atoms with Crippen LogP contribution in [-0.2, 0) is 0 Å². The Balaban J connectivity index is 1.48. The van der Waals surface area contributed by atoms with Gasteiger partial charge in [-0.2, -0.15) is 15.0 Å². The number of aromatic amines is 1. The molecule has 0 aliphatic carbocycles. The molecule has 0 saturated heterocycles. The summed E-state index contributed by atoms with van der Waals surface area (Å²) in [6.45, 7) is 0.788. The van der Waals surface area contributed by atoms with Crippen LogP contribution in [0.5, 0.6) is 0 Å². The van der Waals surface area contributed by atoms with Crippen LogP contribution >= 0.6 is 25.0 Å². The van der Waals surface area contributed by atoms with Gasteiger partial charge in [-0.15, -0.1) is 9.78 Å². The van der Waals surface area contributed by atoms with Gasteiger partial charge in [0.1, 0.15) is 5.21 Å². The lowest BCUT2D eigenvalue weighted by Crippen LogP contribution is -2.35. The van der Waals surface area contributed by atoms with Crippen molar-refractivity contribution in [2.45, 2.75) is 6.42 Å². The SMILES string of the molecule is CN(O)c1nc(NCCCNC(=O)Nc2cccc(-n3c(=S)[nH]n[n+]3S)c2)nc(N(C)O)n1. The fourth-order valence-electron chi connectivity index (χ4n) is 2.58. The number of nitrogens with zero attached hydrogens (tertiary/aromatic N) is 8. The van der Waals surface area contributed by atoms with Gasteiger partial charge in [-0.05, 0) is 36.8 Å². The van der Waals surface area contributed by atoms with Crippen molar-refractivity contribution in [2.75, 3.05) is 47.9 Å². The maximum Gasteiger partial charge on any atom is 0.327 e. The molecule has 0 aliphatic heterocycles. The van der Waals surface area contributed by atoms with E-state index in [2.05, 4.69) is 54.0 Å². The summed E-state index contributed by atoms with van der Waals surface area (Å²) in [5.41, 5.74) is 1.23. The highest BCUT2D eigenvalue weighted by atomic mass is 32.1. The van der Waals surface area contributed by atoms with Crippen LogP contribution in [-0.4, -0.2) is 73.6 Å². The lowest BCUT2D eigenvalue weighted by atomic mass is 10.3. The molecule has 33 heavy (non-hydrogen) atoms. The van der Waals surface area contributed by atoms with E-state index >= 15 is 0 Å². The summed E-state index contributed by atoms with van der Waals surface area (Å²) < 4.78 is 3.16. The number of nitrogens with one attached hydrogen (secondary N) is 4. The lowest BCUT2D eigenvalue weighted by molar-refractivity contribution is -0.642. The van der Waals surface area contributed by atoms with Crippen LogP contribution in [0.15, 0.2) is 24.3 Å². The van der Waals surface area contributed by atoms with E-state index in [-0.39, 0.29) is 23.9 Å². The summed E-state index contributed by atoms with van der Waals surface area (Å²) in [4.78, 5) is 24.1. The molecule has 2 amide bonds. The Bertz CT molecular complexity index is 1140. The number of carbonyl (C=O) groups is 1. The molecular weight excluding hydrogens is 472 g/mol. The van der Waals surface area contributed by atoms with Crippen molar-refractivity contribution in [1.29, 1.82) is 0 Å². The predicted octanol–water partition coefficient (Wildman–Crippen LogP) is 0.370. The van der Waals surface area contributed by atoms with Crippen LogP contribution in [0, 0.1) is 4.77 Å². The molecule has 0 aliphatic rings.